The number of carbonyl (C=O) groups excluding carboxylic acids is 1. The Labute approximate surface area is 315 Å². The third-order valence-electron chi connectivity index (χ3n) is 10.6. The molecule has 25 heteroatoms. The van der Waals surface area contributed by atoms with Crippen LogP contribution in [0.3, 0.4) is 0 Å². The maximum atomic E-state index is 12.7. The molecule has 6 heterocycles. The normalized spacial score (nSPS) is 38.0. The van der Waals surface area contributed by atoms with Crippen molar-refractivity contribution in [2.45, 2.75) is 87.8 Å². The van der Waals surface area contributed by atoms with Gasteiger partial charge < -0.3 is 71.8 Å². The van der Waals surface area contributed by atoms with Crippen molar-refractivity contribution >= 4 is 33.1 Å². The lowest BCUT2D eigenvalue weighted by Crippen LogP contribution is -2.55. The summed E-state index contributed by atoms with van der Waals surface area (Å²) in [6, 6.07) is 0. The molecule has 23 nitrogen and oxygen atoms in total. The van der Waals surface area contributed by atoms with Crippen LogP contribution in [-0.2, 0) is 36.8 Å². The number of aliphatic hydroxyl groups excluding tert-OH is 5. The molecule has 0 spiro atoms. The third kappa shape index (κ3) is 9.27. The number of phosphoric ester groups is 2. The van der Waals surface area contributed by atoms with Crippen molar-refractivity contribution in [2.24, 2.45) is 39.2 Å². The number of nitrogens with two attached hydrogens (primary N) is 2. The van der Waals surface area contributed by atoms with Crippen LogP contribution in [0.1, 0.15) is 32.6 Å². The summed E-state index contributed by atoms with van der Waals surface area (Å²) in [6.07, 6.45) is -6.42. The number of rotatable bonds is 15. The van der Waals surface area contributed by atoms with Crippen LogP contribution < -0.4 is 22.1 Å². The van der Waals surface area contributed by atoms with Crippen LogP contribution in [-0.4, -0.2) is 157 Å². The number of likely N-dealkylation sites (tertiary alicyclic amines) is 1. The Morgan fingerprint density at radius 3 is 2.31 bits per heavy atom. The molecule has 6 aliphatic heterocycles. The maximum Gasteiger partial charge on any atom is 0.481 e. The Morgan fingerprint density at radius 1 is 1.04 bits per heavy atom. The molecule has 13 N–H and O–H groups in total. The van der Waals surface area contributed by atoms with Gasteiger partial charge in [-0.25, -0.2) is 14.1 Å². The van der Waals surface area contributed by atoms with E-state index in [1.54, 1.807) is 11.1 Å². The Hall–Kier alpha value is -2.57. The van der Waals surface area contributed by atoms with Gasteiger partial charge in [-0.2, -0.15) is 4.31 Å². The van der Waals surface area contributed by atoms with Gasteiger partial charge in [-0.1, -0.05) is 19.4 Å². The van der Waals surface area contributed by atoms with Crippen molar-refractivity contribution in [1.29, 1.82) is 0 Å². The van der Waals surface area contributed by atoms with Crippen LogP contribution in [0.5, 0.6) is 0 Å². The van der Waals surface area contributed by atoms with E-state index in [1.807, 2.05) is 13.0 Å². The van der Waals surface area contributed by atoms with Gasteiger partial charge in [-0.3, -0.25) is 23.7 Å². The molecule has 0 bridgehead atoms. The van der Waals surface area contributed by atoms with Crippen LogP contribution in [0.4, 0.5) is 0 Å². The molecule has 3 saturated heterocycles. The minimum absolute atomic E-state index is 0.0244. The smallest absolute Gasteiger partial charge is 0.392 e. The fraction of sp³-hybridized carbons (Fsp3) is 0.767. The van der Waals surface area contributed by atoms with E-state index in [4.69, 9.17) is 30.0 Å². The first-order chi connectivity index (χ1) is 26.0. The highest BCUT2D eigenvalue weighted by molar-refractivity contribution is 7.61. The highest BCUT2D eigenvalue weighted by Gasteiger charge is 2.51. The monoisotopic (exact) mass is 824 g/mol. The summed E-state index contributed by atoms with van der Waals surface area (Å²) < 4.78 is 50.8. The van der Waals surface area contributed by atoms with Crippen molar-refractivity contribution < 1.29 is 72.1 Å². The third-order valence-corrected chi connectivity index (χ3v) is 13.2. The second kappa shape index (κ2) is 17.1. The Balaban J connectivity index is 0.986. The molecule has 6 aliphatic rings. The van der Waals surface area contributed by atoms with E-state index >= 15 is 0 Å². The van der Waals surface area contributed by atoms with E-state index in [0.717, 1.165) is 18.6 Å². The molecule has 0 aromatic carbocycles. The number of amidine groups is 1. The van der Waals surface area contributed by atoms with E-state index < -0.39 is 102 Å². The van der Waals surface area contributed by atoms with E-state index in [1.165, 1.54) is 4.90 Å². The molecule has 0 saturated carbocycles. The first-order valence-corrected chi connectivity index (χ1v) is 20.9. The molecule has 0 aromatic rings. The number of aliphatic imine (C=N–C) groups is 2. The molecule has 1 amide bonds. The van der Waals surface area contributed by atoms with Crippen LogP contribution >= 0.6 is 15.6 Å². The van der Waals surface area contributed by atoms with Gasteiger partial charge in [0.25, 0.3) is 0 Å². The lowest BCUT2D eigenvalue weighted by Gasteiger charge is -2.43. The van der Waals surface area contributed by atoms with Gasteiger partial charge in [-0.15, -0.1) is 0 Å². The average molecular weight is 825 g/mol. The van der Waals surface area contributed by atoms with Gasteiger partial charge in [0.05, 0.1) is 31.9 Å². The molecule has 0 aliphatic carbocycles. The summed E-state index contributed by atoms with van der Waals surface area (Å²) in [5, 5.41) is 60.0. The van der Waals surface area contributed by atoms with Gasteiger partial charge in [0.2, 0.25) is 5.91 Å². The topological polar surface area (TPSA) is 346 Å². The van der Waals surface area contributed by atoms with E-state index in [-0.39, 0.29) is 38.2 Å². The number of carbonyl (C=O) groups is 1. The molecule has 6 rings (SSSR count). The predicted octanol–water partition coefficient (Wildman–Crippen LogP) is -3.36. The predicted molar refractivity (Wildman–Crippen MR) is 188 cm³/mol. The molecule has 310 valence electrons. The highest BCUT2D eigenvalue weighted by atomic mass is 31.3. The molecule has 0 aromatic heterocycles. The van der Waals surface area contributed by atoms with Gasteiger partial charge in [0.1, 0.15) is 66.9 Å². The van der Waals surface area contributed by atoms with Gasteiger partial charge >= 0.3 is 15.6 Å². The van der Waals surface area contributed by atoms with Gasteiger partial charge in [0.15, 0.2) is 6.23 Å². The number of amides is 1. The summed E-state index contributed by atoms with van der Waals surface area (Å²) in [4.78, 5) is 44.6. The fourth-order valence-electron chi connectivity index (χ4n) is 7.77. The maximum absolute atomic E-state index is 12.7. The minimum Gasteiger partial charge on any atom is -0.392 e. The van der Waals surface area contributed by atoms with E-state index in [2.05, 4.69) is 24.9 Å². The standard InChI is InChI=1S/C30H50N8O15P2/c1-2-3-15-8-14(4-6-33-15)21(39)16-5-7-37(9-17(16)27(32)44)29-24(42)22(40)18(51-29)10-49-54(45,46)53-55(47,48)50-11-19-23(41)25(43)30(52-19)38-13-36-20-26(31)34-12-35-28(20)38/h4,6,14,16-19,21-25,29-30,35-36,39-43H,2-3,5,7-13H2,1H3,(H2,31,34)(H2,32,44)(H,45,46)(H,47,48)/t14-,16+,17-,18-,19-,21?,22-,23-,24-,25-,29-,30-/m1/s1. The molecular weight excluding hydrogens is 774 g/mol. The second-order valence-electron chi connectivity index (χ2n) is 14.2. The number of phosphoric acid groups is 2. The number of nitrogens with one attached hydrogen (secondary N) is 2. The summed E-state index contributed by atoms with van der Waals surface area (Å²) in [5.41, 5.74) is 13.1. The summed E-state index contributed by atoms with van der Waals surface area (Å²) in [6.45, 7) is 0.753. The fourth-order valence-corrected chi connectivity index (χ4v) is 9.86. The molecular formula is C30H50N8O15P2. The Kier molecular flexibility index (Phi) is 13.1. The number of hydrogen-bond acceptors (Lipinski definition) is 20. The number of hydrogen-bond donors (Lipinski definition) is 11. The Bertz CT molecular complexity index is 1650. The SMILES string of the molecule is CCCC1=NC=C[C@@H](C(O)[C@H]2CCN([C@@H]3O[C@H](COP(=O)(O)OP(=O)(O)OC[C@H]4O[C@@H](N5CNC6=C5NCN=C6N)[C@H](O)[C@@H]4O)[C@@H](O)[C@H]3O)C[C@H]2C(N)=O)C1. The van der Waals surface area contributed by atoms with Crippen LogP contribution in [0.2, 0.25) is 0 Å². The van der Waals surface area contributed by atoms with Crippen LogP contribution in [0.15, 0.2) is 33.8 Å². The highest BCUT2D eigenvalue weighted by Crippen LogP contribution is 2.60. The number of ether oxygens (including phenoxy) is 2. The molecule has 55 heavy (non-hydrogen) atoms. The minimum atomic E-state index is -5.40. The van der Waals surface area contributed by atoms with Crippen molar-refractivity contribution in [2.75, 3.05) is 39.6 Å². The zero-order valence-electron chi connectivity index (χ0n) is 29.9. The summed E-state index contributed by atoms with van der Waals surface area (Å²) in [7, 11) is -10.8. The average Bonchev–Trinajstić information content (AvgIpc) is 3.79. The second-order valence-corrected chi connectivity index (χ2v) is 17.3. The molecule has 0 radical (unpaired) electrons. The zero-order chi connectivity index (χ0) is 39.8. The van der Waals surface area contributed by atoms with Crippen molar-refractivity contribution in [3.8, 4) is 0 Å². The number of aliphatic hydroxyl groups is 5. The zero-order valence-corrected chi connectivity index (χ0v) is 31.7. The Morgan fingerprint density at radius 2 is 1.67 bits per heavy atom. The molecule has 3 unspecified atom stereocenters. The van der Waals surface area contributed by atoms with Crippen molar-refractivity contribution in [3.05, 3.63) is 23.8 Å². The first kappa shape index (κ1) is 42.0. The van der Waals surface area contributed by atoms with Crippen LogP contribution in [0, 0.1) is 17.8 Å². The lowest BCUT2D eigenvalue weighted by atomic mass is 9.75. The van der Waals surface area contributed by atoms with E-state index in [9.17, 15) is 49.2 Å². The summed E-state index contributed by atoms with van der Waals surface area (Å²) >= 11 is 0. The first-order valence-electron chi connectivity index (χ1n) is 17.9. The summed E-state index contributed by atoms with van der Waals surface area (Å²) in [5.74, 6) is -1.60. The van der Waals surface area contributed by atoms with E-state index in [0.29, 0.717) is 24.4 Å². The van der Waals surface area contributed by atoms with Crippen molar-refractivity contribution in [1.82, 2.24) is 20.4 Å². The molecule has 14 atom stereocenters. The van der Waals surface area contributed by atoms with Gasteiger partial charge in [-0.05, 0) is 25.2 Å². The van der Waals surface area contributed by atoms with Crippen LogP contribution in [0.25, 0.3) is 0 Å². The molecule has 3 fully saturated rings. The quantitative estimate of drug-likeness (QED) is 0.0718. The number of primary amides is 1. The number of nitrogens with zero attached hydrogens (tertiary/aromatic N) is 4. The van der Waals surface area contributed by atoms with Crippen molar-refractivity contribution in [3.63, 3.8) is 0 Å². The lowest BCUT2D eigenvalue weighted by molar-refractivity contribution is -0.142. The number of piperidine rings is 1. The van der Waals surface area contributed by atoms with Gasteiger partial charge in [0, 0.05) is 30.9 Å². The largest absolute Gasteiger partial charge is 0.481 e.